The molecule has 0 bridgehead atoms. The van der Waals surface area contributed by atoms with Crippen molar-refractivity contribution in [1.29, 1.82) is 5.26 Å². The number of fused-ring (bicyclic) bond motifs is 1. The van der Waals surface area contributed by atoms with E-state index in [1.54, 1.807) is 6.92 Å². The minimum absolute atomic E-state index is 0.0379. The molecule has 4 rings (SSSR count). The molecule has 4 aromatic rings. The maximum atomic E-state index is 13.6. The highest BCUT2D eigenvalue weighted by Gasteiger charge is 2.24. The van der Waals surface area contributed by atoms with Crippen LogP contribution < -0.4 is 22.3 Å². The van der Waals surface area contributed by atoms with Crippen LogP contribution in [-0.4, -0.2) is 29.7 Å². The number of benzene rings is 1. The summed E-state index contributed by atoms with van der Waals surface area (Å²) in [5.41, 5.74) is 10.6. The summed E-state index contributed by atoms with van der Waals surface area (Å²) in [6, 6.07) is 5.22. The summed E-state index contributed by atoms with van der Waals surface area (Å²) < 4.78 is 28.3. The van der Waals surface area contributed by atoms with Crippen molar-refractivity contribution < 1.29 is 8.78 Å². The molecule has 0 saturated carbocycles. The Morgan fingerprint density at radius 3 is 2.69 bits per heavy atom. The fourth-order valence-corrected chi connectivity index (χ4v) is 3.34. The van der Waals surface area contributed by atoms with E-state index in [0.29, 0.717) is 5.69 Å². The number of nitrogens with zero attached hydrogens (tertiary/aromatic N) is 6. The third-order valence-electron chi connectivity index (χ3n) is 4.74. The highest BCUT2D eigenvalue weighted by atomic mass is 19.3. The summed E-state index contributed by atoms with van der Waals surface area (Å²) in [6.45, 7) is 1.65. The molecule has 0 spiro atoms. The lowest BCUT2D eigenvalue weighted by Gasteiger charge is -2.20. The third kappa shape index (κ3) is 3.43. The summed E-state index contributed by atoms with van der Waals surface area (Å²) in [5.74, 6) is -0.0687. The molecule has 6 N–H and O–H groups in total. The van der Waals surface area contributed by atoms with Crippen LogP contribution in [0.3, 0.4) is 0 Å². The average molecular weight is 438 g/mol. The molecule has 0 radical (unpaired) electrons. The van der Waals surface area contributed by atoms with E-state index in [0.717, 1.165) is 4.57 Å². The number of nitrogens with one attached hydrogen (secondary N) is 2. The first-order valence-corrected chi connectivity index (χ1v) is 9.24. The van der Waals surface area contributed by atoms with Crippen molar-refractivity contribution in [1.82, 2.24) is 29.7 Å². The zero-order valence-electron chi connectivity index (χ0n) is 16.5. The average Bonchev–Trinajstić information content (AvgIpc) is 3.27. The standard InChI is InChI=1S/C19H16F2N10O/c1-8(27-16-11(5-22)15(23)29-19(24)30-16)17-28-12-4-2-3-10(14(20)21)13(12)18(32)31(17)9-6-25-26-7-9/h2-4,6-8,14H,1H3,(H,25,26)(H5,23,24,27,29,30). The van der Waals surface area contributed by atoms with Gasteiger partial charge in [0.2, 0.25) is 5.95 Å². The van der Waals surface area contributed by atoms with Crippen LogP contribution in [0, 0.1) is 11.3 Å². The van der Waals surface area contributed by atoms with Crippen LogP contribution in [-0.2, 0) is 0 Å². The van der Waals surface area contributed by atoms with E-state index in [2.05, 4.69) is 30.5 Å². The molecule has 0 amide bonds. The van der Waals surface area contributed by atoms with Crippen molar-refractivity contribution >= 4 is 28.5 Å². The number of hydrogen-bond donors (Lipinski definition) is 4. The van der Waals surface area contributed by atoms with Crippen LogP contribution in [0.15, 0.2) is 35.4 Å². The Labute approximate surface area is 178 Å². The molecule has 1 aromatic carbocycles. The van der Waals surface area contributed by atoms with Crippen LogP contribution in [0.2, 0.25) is 0 Å². The Morgan fingerprint density at radius 2 is 2.03 bits per heavy atom. The summed E-state index contributed by atoms with van der Waals surface area (Å²) in [5, 5.41) is 18.6. The number of aromatic amines is 1. The fourth-order valence-electron chi connectivity index (χ4n) is 3.34. The van der Waals surface area contributed by atoms with Crippen molar-refractivity contribution in [2.75, 3.05) is 16.8 Å². The Balaban J connectivity index is 1.94. The van der Waals surface area contributed by atoms with Gasteiger partial charge in [0, 0.05) is 11.8 Å². The van der Waals surface area contributed by atoms with Gasteiger partial charge in [-0.2, -0.15) is 20.3 Å². The molecule has 11 nitrogen and oxygen atoms in total. The number of nitrogens with two attached hydrogens (primary N) is 2. The highest BCUT2D eigenvalue weighted by molar-refractivity contribution is 5.82. The number of H-pyrrole nitrogens is 1. The van der Waals surface area contributed by atoms with Crippen LogP contribution in [0.5, 0.6) is 0 Å². The topological polar surface area (TPSA) is 177 Å². The lowest BCUT2D eigenvalue weighted by atomic mass is 10.1. The molecular formula is C19H16F2N10O. The number of halogens is 2. The smallest absolute Gasteiger partial charge is 0.266 e. The molecule has 3 heterocycles. The fraction of sp³-hybridized carbons (Fsp3) is 0.158. The van der Waals surface area contributed by atoms with E-state index < -0.39 is 23.6 Å². The van der Waals surface area contributed by atoms with E-state index in [-0.39, 0.29) is 39.9 Å². The monoisotopic (exact) mass is 438 g/mol. The summed E-state index contributed by atoms with van der Waals surface area (Å²) in [4.78, 5) is 25.6. The van der Waals surface area contributed by atoms with Crippen LogP contribution in [0.1, 0.15) is 36.3 Å². The van der Waals surface area contributed by atoms with Crippen molar-refractivity contribution in [3.63, 3.8) is 0 Å². The van der Waals surface area contributed by atoms with Gasteiger partial charge >= 0.3 is 0 Å². The van der Waals surface area contributed by atoms with Gasteiger partial charge in [-0.05, 0) is 13.0 Å². The molecular weight excluding hydrogens is 422 g/mol. The maximum Gasteiger partial charge on any atom is 0.266 e. The number of hydrogen-bond acceptors (Lipinski definition) is 9. The van der Waals surface area contributed by atoms with Gasteiger partial charge in [0.05, 0.1) is 28.8 Å². The summed E-state index contributed by atoms with van der Waals surface area (Å²) in [7, 11) is 0. The third-order valence-corrected chi connectivity index (χ3v) is 4.74. The van der Waals surface area contributed by atoms with Crippen molar-refractivity contribution in [2.45, 2.75) is 19.4 Å². The zero-order chi connectivity index (χ0) is 23.0. The minimum atomic E-state index is -2.86. The normalized spacial score (nSPS) is 12.1. The van der Waals surface area contributed by atoms with Gasteiger partial charge in [0.25, 0.3) is 12.0 Å². The second kappa shape index (κ2) is 7.91. The van der Waals surface area contributed by atoms with Crippen molar-refractivity contribution in [2.24, 2.45) is 0 Å². The molecule has 0 aliphatic heterocycles. The Morgan fingerprint density at radius 1 is 1.25 bits per heavy atom. The zero-order valence-corrected chi connectivity index (χ0v) is 16.5. The molecule has 0 aliphatic carbocycles. The van der Waals surface area contributed by atoms with Gasteiger partial charge in [-0.1, -0.05) is 12.1 Å². The van der Waals surface area contributed by atoms with E-state index in [1.807, 2.05) is 6.07 Å². The minimum Gasteiger partial charge on any atom is -0.382 e. The van der Waals surface area contributed by atoms with E-state index in [1.165, 1.54) is 30.6 Å². The van der Waals surface area contributed by atoms with Gasteiger partial charge in [-0.25, -0.2) is 13.8 Å². The Bertz CT molecular complexity index is 1410. The van der Waals surface area contributed by atoms with Gasteiger partial charge < -0.3 is 16.8 Å². The van der Waals surface area contributed by atoms with E-state index in [4.69, 9.17) is 11.5 Å². The summed E-state index contributed by atoms with van der Waals surface area (Å²) >= 11 is 0. The molecule has 3 aromatic heterocycles. The second-order valence-corrected chi connectivity index (χ2v) is 6.78. The van der Waals surface area contributed by atoms with Crippen LogP contribution in [0.4, 0.5) is 26.4 Å². The van der Waals surface area contributed by atoms with Gasteiger partial charge in [0.1, 0.15) is 23.3 Å². The predicted molar refractivity (Wildman–Crippen MR) is 112 cm³/mol. The SMILES string of the molecule is CC(Nc1nc(N)nc(N)c1C#N)c1nc2cccc(C(F)F)c2c(=O)n1-c1cn[nH]c1. The van der Waals surface area contributed by atoms with Crippen molar-refractivity contribution in [3.8, 4) is 11.8 Å². The quantitative estimate of drug-likeness (QED) is 0.363. The number of anilines is 3. The van der Waals surface area contributed by atoms with E-state index in [9.17, 15) is 18.8 Å². The first-order chi connectivity index (χ1) is 15.3. The number of nitrogen functional groups attached to an aromatic ring is 2. The molecule has 13 heteroatoms. The van der Waals surface area contributed by atoms with Crippen molar-refractivity contribution in [3.05, 3.63) is 57.9 Å². The second-order valence-electron chi connectivity index (χ2n) is 6.78. The lowest BCUT2D eigenvalue weighted by Crippen LogP contribution is -2.28. The largest absolute Gasteiger partial charge is 0.382 e. The predicted octanol–water partition coefficient (Wildman–Crippen LogP) is 2.05. The molecule has 0 fully saturated rings. The lowest BCUT2D eigenvalue weighted by molar-refractivity contribution is 0.153. The first kappa shape index (κ1) is 20.7. The molecule has 1 atom stereocenters. The molecule has 162 valence electrons. The number of alkyl halides is 2. The van der Waals surface area contributed by atoms with Crippen LogP contribution >= 0.6 is 0 Å². The van der Waals surface area contributed by atoms with Gasteiger partial charge in [0.15, 0.2) is 5.82 Å². The molecule has 1 unspecified atom stereocenters. The molecule has 0 aliphatic rings. The maximum absolute atomic E-state index is 13.6. The summed E-state index contributed by atoms with van der Waals surface area (Å²) in [6.07, 6.45) is -0.0767. The van der Waals surface area contributed by atoms with Crippen LogP contribution in [0.25, 0.3) is 16.6 Å². The molecule has 32 heavy (non-hydrogen) atoms. The Kier molecular flexibility index (Phi) is 5.11. The molecule has 0 saturated heterocycles. The van der Waals surface area contributed by atoms with Gasteiger partial charge in [-0.15, -0.1) is 0 Å². The highest BCUT2D eigenvalue weighted by Crippen LogP contribution is 2.28. The Hall–Kier alpha value is -4.60. The number of aromatic nitrogens is 6. The number of rotatable bonds is 5. The van der Waals surface area contributed by atoms with Gasteiger partial charge in [-0.3, -0.25) is 14.5 Å². The van der Waals surface area contributed by atoms with E-state index >= 15 is 0 Å². The number of nitriles is 1. The first-order valence-electron chi connectivity index (χ1n) is 9.24.